The Hall–Kier alpha value is -1.21. The Morgan fingerprint density at radius 1 is 1.71 bits per heavy atom. The third-order valence-electron chi connectivity index (χ3n) is 1.88. The maximum Gasteiger partial charge on any atom is 0.194 e. The van der Waals surface area contributed by atoms with Crippen LogP contribution >= 0.6 is 23.6 Å². The molecule has 0 amide bonds. The monoisotopic (exact) mass is 227 g/mol. The molecule has 0 unspecified atom stereocenters. The highest BCUT2D eigenvalue weighted by Crippen LogP contribution is 2.13. The van der Waals surface area contributed by atoms with Gasteiger partial charge >= 0.3 is 0 Å². The number of anilines is 1. The largest absolute Gasteiger partial charge is 0.375 e. The molecule has 7 heteroatoms. The average Bonchev–Trinajstić information content (AvgIpc) is 2.67. The van der Waals surface area contributed by atoms with Gasteiger partial charge in [0.2, 0.25) is 0 Å². The number of nitrogens with two attached hydrogens (primary N) is 1. The van der Waals surface area contributed by atoms with E-state index >= 15 is 0 Å². The highest BCUT2D eigenvalue weighted by molar-refractivity contribution is 7.71. The molecule has 0 spiro atoms. The lowest BCUT2D eigenvalue weighted by Gasteiger charge is -1.95. The van der Waals surface area contributed by atoms with Crippen molar-refractivity contribution >= 4 is 28.7 Å². The first-order valence-electron chi connectivity index (χ1n) is 3.97. The summed E-state index contributed by atoms with van der Waals surface area (Å²) >= 11 is 6.43. The Morgan fingerprint density at radius 2 is 2.50 bits per heavy atom. The van der Waals surface area contributed by atoms with Crippen LogP contribution in [0.25, 0.3) is 0 Å². The predicted molar refractivity (Wildman–Crippen MR) is 57.7 cm³/mol. The number of rotatable bonds is 2. The zero-order valence-electron chi connectivity index (χ0n) is 7.52. The van der Waals surface area contributed by atoms with Crippen molar-refractivity contribution in [2.75, 3.05) is 5.73 Å². The Balaban J connectivity index is 2.27. The van der Waals surface area contributed by atoms with Crippen molar-refractivity contribution in [1.82, 2.24) is 19.7 Å². The Kier molecular flexibility index (Phi) is 2.34. The van der Waals surface area contributed by atoms with Crippen molar-refractivity contribution in [2.24, 2.45) is 7.05 Å². The van der Waals surface area contributed by atoms with Crippen LogP contribution in [-0.4, -0.2) is 19.7 Å². The fraction of sp³-hybridized carbons (Fsp3) is 0.286. The standard InChI is InChI=1S/C7H9N5S2/c1-12-5(10-11-7(12)13)2-4-3-14-6(8)9-4/h3H,2H2,1H3,(H2,8,9)(H,11,13). The highest BCUT2D eigenvalue weighted by Gasteiger charge is 2.05. The van der Waals surface area contributed by atoms with Gasteiger partial charge in [-0.25, -0.2) is 4.98 Å². The van der Waals surface area contributed by atoms with Gasteiger partial charge in [0.05, 0.1) is 12.1 Å². The van der Waals surface area contributed by atoms with Gasteiger partial charge in [-0.2, -0.15) is 5.10 Å². The van der Waals surface area contributed by atoms with E-state index in [-0.39, 0.29) is 0 Å². The summed E-state index contributed by atoms with van der Waals surface area (Å²) in [5.74, 6) is 0.861. The van der Waals surface area contributed by atoms with Gasteiger partial charge in [-0.15, -0.1) is 11.3 Å². The topological polar surface area (TPSA) is 72.5 Å². The van der Waals surface area contributed by atoms with Gasteiger partial charge in [-0.3, -0.25) is 5.10 Å². The normalized spacial score (nSPS) is 10.6. The maximum absolute atomic E-state index is 5.53. The molecule has 2 aromatic heterocycles. The minimum absolute atomic E-state index is 0.580. The van der Waals surface area contributed by atoms with E-state index in [9.17, 15) is 0 Å². The fourth-order valence-electron chi connectivity index (χ4n) is 1.10. The van der Waals surface area contributed by atoms with Gasteiger partial charge in [0, 0.05) is 12.4 Å². The first kappa shape index (κ1) is 9.35. The molecular weight excluding hydrogens is 218 g/mol. The van der Waals surface area contributed by atoms with Crippen LogP contribution in [0.4, 0.5) is 5.13 Å². The van der Waals surface area contributed by atoms with Crippen LogP contribution in [0.2, 0.25) is 0 Å². The van der Waals surface area contributed by atoms with Crippen molar-refractivity contribution in [2.45, 2.75) is 6.42 Å². The number of aromatic nitrogens is 4. The van der Waals surface area contributed by atoms with Gasteiger partial charge in [-0.05, 0) is 12.2 Å². The van der Waals surface area contributed by atoms with Gasteiger partial charge in [0.25, 0.3) is 0 Å². The van der Waals surface area contributed by atoms with Crippen molar-refractivity contribution in [3.05, 3.63) is 21.7 Å². The van der Waals surface area contributed by atoms with Gasteiger partial charge in [0.15, 0.2) is 9.90 Å². The fourth-order valence-corrected chi connectivity index (χ4v) is 1.82. The molecule has 2 heterocycles. The van der Waals surface area contributed by atoms with Crippen LogP contribution in [0.15, 0.2) is 5.38 Å². The summed E-state index contributed by atoms with van der Waals surface area (Å²) in [6.07, 6.45) is 0.650. The second-order valence-electron chi connectivity index (χ2n) is 2.86. The first-order chi connectivity index (χ1) is 6.66. The number of H-pyrrole nitrogens is 1. The Morgan fingerprint density at radius 3 is 3.00 bits per heavy atom. The smallest absolute Gasteiger partial charge is 0.194 e. The van der Waals surface area contributed by atoms with E-state index in [2.05, 4.69) is 15.2 Å². The highest BCUT2D eigenvalue weighted by atomic mass is 32.1. The SMILES string of the molecule is Cn1c(Cc2csc(N)n2)n[nH]c1=S. The zero-order valence-corrected chi connectivity index (χ0v) is 9.15. The van der Waals surface area contributed by atoms with E-state index in [1.807, 2.05) is 17.0 Å². The van der Waals surface area contributed by atoms with E-state index in [1.54, 1.807) is 0 Å². The Labute approximate surface area is 89.6 Å². The molecule has 74 valence electrons. The summed E-state index contributed by atoms with van der Waals surface area (Å²) in [5, 5.41) is 9.32. The van der Waals surface area contributed by atoms with Gasteiger partial charge < -0.3 is 10.3 Å². The number of hydrogen-bond donors (Lipinski definition) is 2. The predicted octanol–water partition coefficient (Wildman–Crippen LogP) is 1.11. The zero-order chi connectivity index (χ0) is 10.1. The molecule has 0 saturated carbocycles. The van der Waals surface area contributed by atoms with E-state index in [1.165, 1.54) is 11.3 Å². The minimum atomic E-state index is 0.580. The second kappa shape index (κ2) is 3.50. The van der Waals surface area contributed by atoms with Crippen molar-refractivity contribution in [3.63, 3.8) is 0 Å². The molecule has 0 aromatic carbocycles. The summed E-state index contributed by atoms with van der Waals surface area (Å²) in [7, 11) is 1.87. The van der Waals surface area contributed by atoms with Gasteiger partial charge in [0.1, 0.15) is 5.82 Å². The lowest BCUT2D eigenvalue weighted by molar-refractivity contribution is 0.806. The summed E-state index contributed by atoms with van der Waals surface area (Å²) < 4.78 is 2.44. The van der Waals surface area contributed by atoms with Crippen LogP contribution in [0, 0.1) is 4.77 Å². The average molecular weight is 227 g/mol. The number of nitrogens with zero attached hydrogens (tertiary/aromatic N) is 3. The number of nitrogen functional groups attached to an aromatic ring is 1. The summed E-state index contributed by atoms with van der Waals surface area (Å²) in [4.78, 5) is 4.15. The molecule has 0 bridgehead atoms. The lowest BCUT2D eigenvalue weighted by Crippen LogP contribution is -1.99. The molecule has 0 atom stereocenters. The van der Waals surface area contributed by atoms with E-state index in [4.69, 9.17) is 18.0 Å². The molecule has 0 radical (unpaired) electrons. The lowest BCUT2D eigenvalue weighted by atomic mass is 10.3. The Bertz CT molecular complexity index is 494. The molecule has 0 aliphatic rings. The maximum atomic E-state index is 5.53. The number of hydrogen-bond acceptors (Lipinski definition) is 5. The minimum Gasteiger partial charge on any atom is -0.375 e. The molecular formula is C7H9N5S2. The molecule has 2 rings (SSSR count). The van der Waals surface area contributed by atoms with Crippen LogP contribution in [0.3, 0.4) is 0 Å². The van der Waals surface area contributed by atoms with E-state index in [0.29, 0.717) is 16.3 Å². The second-order valence-corrected chi connectivity index (χ2v) is 4.13. The summed E-state index contributed by atoms with van der Waals surface area (Å²) in [6.45, 7) is 0. The molecule has 0 aliphatic carbocycles. The van der Waals surface area contributed by atoms with E-state index in [0.717, 1.165) is 11.5 Å². The van der Waals surface area contributed by atoms with Crippen LogP contribution in [0.1, 0.15) is 11.5 Å². The van der Waals surface area contributed by atoms with Crippen LogP contribution < -0.4 is 5.73 Å². The third-order valence-corrected chi connectivity index (χ3v) is 2.97. The van der Waals surface area contributed by atoms with Crippen molar-refractivity contribution in [1.29, 1.82) is 0 Å². The molecule has 0 saturated heterocycles. The molecule has 2 aromatic rings. The number of aromatic amines is 1. The third kappa shape index (κ3) is 1.68. The quantitative estimate of drug-likeness (QED) is 0.754. The molecule has 14 heavy (non-hydrogen) atoms. The summed E-state index contributed by atoms with van der Waals surface area (Å²) in [6, 6.07) is 0. The van der Waals surface area contributed by atoms with Gasteiger partial charge in [-0.1, -0.05) is 0 Å². The first-order valence-corrected chi connectivity index (χ1v) is 5.26. The molecule has 3 N–H and O–H groups in total. The van der Waals surface area contributed by atoms with E-state index < -0.39 is 0 Å². The number of nitrogens with one attached hydrogen (secondary N) is 1. The van der Waals surface area contributed by atoms with Crippen molar-refractivity contribution < 1.29 is 0 Å². The molecule has 0 fully saturated rings. The summed E-state index contributed by atoms with van der Waals surface area (Å²) in [5.41, 5.74) is 6.45. The molecule has 5 nitrogen and oxygen atoms in total. The number of thiazole rings is 1. The van der Waals surface area contributed by atoms with Crippen molar-refractivity contribution in [3.8, 4) is 0 Å². The van der Waals surface area contributed by atoms with Crippen LogP contribution in [0.5, 0.6) is 0 Å². The molecule has 0 aliphatic heterocycles. The van der Waals surface area contributed by atoms with Crippen LogP contribution in [-0.2, 0) is 13.5 Å².